The molecule has 27 heavy (non-hydrogen) atoms. The molecule has 0 aliphatic carbocycles. The Morgan fingerprint density at radius 3 is 2.78 bits per heavy atom. The molecule has 0 aliphatic rings. The molecule has 0 fully saturated rings. The van der Waals surface area contributed by atoms with Gasteiger partial charge < -0.3 is 20.1 Å². The number of amides is 1. The van der Waals surface area contributed by atoms with Gasteiger partial charge in [0.25, 0.3) is 0 Å². The molecule has 3 rings (SSSR count). The van der Waals surface area contributed by atoms with Crippen molar-refractivity contribution in [3.8, 4) is 11.6 Å². The van der Waals surface area contributed by atoms with Gasteiger partial charge in [0.1, 0.15) is 5.75 Å². The van der Waals surface area contributed by atoms with Crippen LogP contribution in [0.2, 0.25) is 0 Å². The minimum atomic E-state index is -0.149. The van der Waals surface area contributed by atoms with Crippen LogP contribution in [0.4, 0.5) is 16.5 Å². The van der Waals surface area contributed by atoms with Gasteiger partial charge in [-0.25, -0.2) is 4.98 Å². The number of hydrogen-bond acceptors (Lipinski definition) is 9. The molecule has 0 saturated carbocycles. The van der Waals surface area contributed by atoms with Gasteiger partial charge in [-0.1, -0.05) is 29.2 Å². The molecule has 0 saturated heterocycles. The highest BCUT2D eigenvalue weighted by Gasteiger charge is 2.09. The summed E-state index contributed by atoms with van der Waals surface area (Å²) < 4.78 is 10.9. The van der Waals surface area contributed by atoms with Crippen molar-refractivity contribution >= 4 is 45.5 Å². The first kappa shape index (κ1) is 18.9. The third-order valence-electron chi connectivity index (χ3n) is 3.28. The molecule has 0 unspecified atom stereocenters. The average molecular weight is 403 g/mol. The van der Waals surface area contributed by atoms with Crippen LogP contribution < -0.4 is 20.1 Å². The van der Waals surface area contributed by atoms with E-state index >= 15 is 0 Å². The number of anilines is 3. The van der Waals surface area contributed by atoms with E-state index in [1.165, 1.54) is 30.2 Å². The van der Waals surface area contributed by atoms with Crippen molar-refractivity contribution in [2.75, 3.05) is 30.6 Å². The van der Waals surface area contributed by atoms with E-state index in [0.29, 0.717) is 21.0 Å². The average Bonchev–Trinajstić information content (AvgIpc) is 3.14. The van der Waals surface area contributed by atoms with E-state index in [1.54, 1.807) is 25.4 Å². The SMILES string of the molecule is COc1cccc(Nc2nnc(SCC(=O)Nc3ccc(OC)nc3)s2)c1. The number of benzene rings is 1. The Kier molecular flexibility index (Phi) is 6.44. The summed E-state index contributed by atoms with van der Waals surface area (Å²) in [6.07, 6.45) is 1.54. The molecule has 3 aromatic rings. The number of nitrogens with one attached hydrogen (secondary N) is 2. The van der Waals surface area contributed by atoms with Crippen LogP contribution in [0, 0.1) is 0 Å². The lowest BCUT2D eigenvalue weighted by Crippen LogP contribution is -2.14. The number of ether oxygens (including phenoxy) is 2. The number of pyridine rings is 1. The van der Waals surface area contributed by atoms with Crippen LogP contribution in [-0.4, -0.2) is 41.1 Å². The molecule has 2 N–H and O–H groups in total. The summed E-state index contributed by atoms with van der Waals surface area (Å²) in [6.45, 7) is 0. The largest absolute Gasteiger partial charge is 0.497 e. The lowest BCUT2D eigenvalue weighted by Gasteiger charge is -2.04. The Morgan fingerprint density at radius 2 is 2.04 bits per heavy atom. The maximum Gasteiger partial charge on any atom is 0.234 e. The molecule has 1 aromatic carbocycles. The molecule has 140 valence electrons. The Hall–Kier alpha value is -2.85. The summed E-state index contributed by atoms with van der Waals surface area (Å²) in [7, 11) is 3.16. The second-order valence-corrected chi connectivity index (χ2v) is 7.36. The Labute approximate surface area is 164 Å². The van der Waals surface area contributed by atoms with Crippen molar-refractivity contribution in [3.05, 3.63) is 42.6 Å². The summed E-state index contributed by atoms with van der Waals surface area (Å²) in [5, 5.41) is 14.8. The predicted octanol–water partition coefficient (Wildman–Crippen LogP) is 3.42. The van der Waals surface area contributed by atoms with Crippen LogP contribution >= 0.6 is 23.1 Å². The van der Waals surface area contributed by atoms with Gasteiger partial charge in [-0.3, -0.25) is 4.79 Å². The fourth-order valence-electron chi connectivity index (χ4n) is 2.04. The maximum atomic E-state index is 12.0. The zero-order valence-corrected chi connectivity index (χ0v) is 16.3. The normalized spacial score (nSPS) is 10.3. The van der Waals surface area contributed by atoms with E-state index in [4.69, 9.17) is 9.47 Å². The summed E-state index contributed by atoms with van der Waals surface area (Å²) >= 11 is 2.69. The van der Waals surface area contributed by atoms with Crippen molar-refractivity contribution in [2.45, 2.75) is 4.34 Å². The van der Waals surface area contributed by atoms with E-state index < -0.39 is 0 Å². The smallest absolute Gasteiger partial charge is 0.234 e. The number of hydrogen-bond donors (Lipinski definition) is 2. The molecule has 10 heteroatoms. The highest BCUT2D eigenvalue weighted by Crippen LogP contribution is 2.28. The molecule has 0 aliphatic heterocycles. The quantitative estimate of drug-likeness (QED) is 0.552. The lowest BCUT2D eigenvalue weighted by atomic mass is 10.3. The van der Waals surface area contributed by atoms with Crippen LogP contribution in [0.5, 0.6) is 11.6 Å². The third kappa shape index (κ3) is 5.56. The number of rotatable bonds is 8. The minimum Gasteiger partial charge on any atom is -0.497 e. The number of nitrogens with zero attached hydrogens (tertiary/aromatic N) is 3. The molecular formula is C17H17N5O3S2. The molecule has 0 bridgehead atoms. The molecular weight excluding hydrogens is 386 g/mol. The first-order valence-corrected chi connectivity index (χ1v) is 9.64. The summed E-state index contributed by atoms with van der Waals surface area (Å²) in [6, 6.07) is 10.9. The number of aromatic nitrogens is 3. The van der Waals surface area contributed by atoms with Crippen molar-refractivity contribution < 1.29 is 14.3 Å². The van der Waals surface area contributed by atoms with E-state index in [9.17, 15) is 4.79 Å². The Balaban J connectivity index is 1.50. The molecule has 1 amide bonds. The highest BCUT2D eigenvalue weighted by molar-refractivity contribution is 8.01. The predicted molar refractivity (Wildman–Crippen MR) is 106 cm³/mol. The van der Waals surface area contributed by atoms with Gasteiger partial charge >= 0.3 is 0 Å². The first-order valence-electron chi connectivity index (χ1n) is 7.83. The van der Waals surface area contributed by atoms with Gasteiger partial charge in [0.2, 0.25) is 16.9 Å². The Morgan fingerprint density at radius 1 is 1.15 bits per heavy atom. The van der Waals surface area contributed by atoms with Gasteiger partial charge in [-0.2, -0.15) is 0 Å². The van der Waals surface area contributed by atoms with Crippen molar-refractivity contribution in [1.29, 1.82) is 0 Å². The monoisotopic (exact) mass is 403 g/mol. The zero-order valence-electron chi connectivity index (χ0n) is 14.6. The fourth-order valence-corrected chi connectivity index (χ4v) is 3.61. The van der Waals surface area contributed by atoms with E-state index in [2.05, 4.69) is 25.8 Å². The summed E-state index contributed by atoms with van der Waals surface area (Å²) in [5.41, 5.74) is 1.46. The van der Waals surface area contributed by atoms with E-state index in [0.717, 1.165) is 11.4 Å². The van der Waals surface area contributed by atoms with E-state index in [-0.39, 0.29) is 11.7 Å². The number of methoxy groups -OCH3 is 2. The van der Waals surface area contributed by atoms with E-state index in [1.807, 2.05) is 24.3 Å². The number of carbonyl (C=O) groups is 1. The lowest BCUT2D eigenvalue weighted by molar-refractivity contribution is -0.113. The fraction of sp³-hybridized carbons (Fsp3) is 0.176. The molecule has 0 spiro atoms. The van der Waals surface area contributed by atoms with Gasteiger partial charge in [0.15, 0.2) is 4.34 Å². The van der Waals surface area contributed by atoms with Crippen LogP contribution in [0.1, 0.15) is 0 Å². The van der Waals surface area contributed by atoms with Crippen molar-refractivity contribution in [1.82, 2.24) is 15.2 Å². The molecule has 0 atom stereocenters. The zero-order chi connectivity index (χ0) is 19.1. The number of thioether (sulfide) groups is 1. The van der Waals surface area contributed by atoms with Crippen LogP contribution in [0.3, 0.4) is 0 Å². The second kappa shape index (κ2) is 9.19. The second-order valence-electron chi connectivity index (χ2n) is 5.16. The first-order chi connectivity index (χ1) is 13.2. The Bertz CT molecular complexity index is 902. The summed E-state index contributed by atoms with van der Waals surface area (Å²) in [5.74, 6) is 1.32. The van der Waals surface area contributed by atoms with Crippen LogP contribution in [0.15, 0.2) is 46.9 Å². The minimum absolute atomic E-state index is 0.149. The molecule has 2 heterocycles. The van der Waals surface area contributed by atoms with Gasteiger partial charge in [-0.15, -0.1) is 10.2 Å². The van der Waals surface area contributed by atoms with Gasteiger partial charge in [-0.05, 0) is 18.2 Å². The molecule has 0 radical (unpaired) electrons. The molecule has 2 aromatic heterocycles. The van der Waals surface area contributed by atoms with Crippen LogP contribution in [-0.2, 0) is 4.79 Å². The van der Waals surface area contributed by atoms with Gasteiger partial charge in [0, 0.05) is 17.8 Å². The molecule has 8 nitrogen and oxygen atoms in total. The van der Waals surface area contributed by atoms with Crippen molar-refractivity contribution in [2.24, 2.45) is 0 Å². The van der Waals surface area contributed by atoms with Crippen LogP contribution in [0.25, 0.3) is 0 Å². The summed E-state index contributed by atoms with van der Waals surface area (Å²) in [4.78, 5) is 16.1. The van der Waals surface area contributed by atoms with Gasteiger partial charge in [0.05, 0.1) is 31.9 Å². The standard InChI is InChI=1S/C17H17N5O3S2/c1-24-13-5-3-4-11(8-13)20-16-21-22-17(27-16)26-10-14(23)19-12-6-7-15(25-2)18-9-12/h3-9H,10H2,1-2H3,(H,19,23)(H,20,21). The van der Waals surface area contributed by atoms with Crippen molar-refractivity contribution in [3.63, 3.8) is 0 Å². The maximum absolute atomic E-state index is 12.0. The highest BCUT2D eigenvalue weighted by atomic mass is 32.2. The third-order valence-corrected chi connectivity index (χ3v) is 5.26. The number of carbonyl (C=O) groups excluding carboxylic acids is 1. The topological polar surface area (TPSA) is 98.3 Å².